The van der Waals surface area contributed by atoms with Gasteiger partial charge in [-0.05, 0) is 29.9 Å². The molecule has 0 saturated heterocycles. The summed E-state index contributed by atoms with van der Waals surface area (Å²) in [5.41, 5.74) is 1.12. The predicted molar refractivity (Wildman–Crippen MR) is 67.3 cm³/mol. The third-order valence-corrected chi connectivity index (χ3v) is 2.93. The van der Waals surface area contributed by atoms with E-state index in [4.69, 9.17) is 23.8 Å². The van der Waals surface area contributed by atoms with Crippen LogP contribution in [0, 0.1) is 4.77 Å². The van der Waals surface area contributed by atoms with Gasteiger partial charge >= 0.3 is 0 Å². The van der Waals surface area contributed by atoms with Crippen molar-refractivity contribution in [2.75, 3.05) is 0 Å². The van der Waals surface area contributed by atoms with Crippen molar-refractivity contribution < 1.29 is 0 Å². The van der Waals surface area contributed by atoms with Crippen molar-refractivity contribution in [3.8, 4) is 0 Å². The van der Waals surface area contributed by atoms with Crippen LogP contribution in [0.15, 0.2) is 24.3 Å². The van der Waals surface area contributed by atoms with Gasteiger partial charge < -0.3 is 0 Å². The number of hydrogen-bond acceptors (Lipinski definition) is 2. The molecule has 1 heterocycles. The fourth-order valence-corrected chi connectivity index (χ4v) is 2.03. The molecule has 0 fully saturated rings. The minimum atomic E-state index is 0.650. The molecule has 0 aliphatic heterocycles. The van der Waals surface area contributed by atoms with E-state index < -0.39 is 0 Å². The lowest BCUT2D eigenvalue weighted by Gasteiger charge is -2.05. The number of halogens is 1. The van der Waals surface area contributed by atoms with E-state index in [1.165, 1.54) is 0 Å². The predicted octanol–water partition coefficient (Wildman–Crippen LogP) is 3.20. The maximum atomic E-state index is 5.94. The molecule has 0 spiro atoms. The highest BCUT2D eigenvalue weighted by Gasteiger charge is 2.04. The Morgan fingerprint density at radius 3 is 3.00 bits per heavy atom. The highest BCUT2D eigenvalue weighted by Crippen LogP contribution is 2.12. The zero-order chi connectivity index (χ0) is 11.5. The molecule has 0 atom stereocenters. The third kappa shape index (κ3) is 2.33. The van der Waals surface area contributed by atoms with Gasteiger partial charge in [0.2, 0.25) is 0 Å². The first-order chi connectivity index (χ1) is 7.70. The first-order valence-corrected chi connectivity index (χ1v) is 5.88. The fraction of sp³-hybridized carbons (Fsp3) is 0.273. The van der Waals surface area contributed by atoms with Crippen molar-refractivity contribution >= 4 is 23.8 Å². The Balaban J connectivity index is 2.33. The van der Waals surface area contributed by atoms with E-state index in [9.17, 15) is 0 Å². The van der Waals surface area contributed by atoms with Crippen LogP contribution in [-0.4, -0.2) is 14.8 Å². The number of aromatic nitrogens is 3. The van der Waals surface area contributed by atoms with Crippen molar-refractivity contribution in [2.45, 2.75) is 19.9 Å². The second-order valence-electron chi connectivity index (χ2n) is 3.51. The lowest BCUT2D eigenvalue weighted by Crippen LogP contribution is -2.04. The molecule has 84 valence electrons. The van der Waals surface area contributed by atoms with Crippen LogP contribution < -0.4 is 0 Å². The molecule has 0 saturated carbocycles. The summed E-state index contributed by atoms with van der Waals surface area (Å²) in [5, 5.41) is 7.71. The van der Waals surface area contributed by atoms with Gasteiger partial charge in [-0.3, -0.25) is 9.67 Å². The number of H-pyrrole nitrogens is 1. The zero-order valence-electron chi connectivity index (χ0n) is 8.90. The third-order valence-electron chi connectivity index (χ3n) is 2.38. The van der Waals surface area contributed by atoms with Crippen molar-refractivity contribution in [1.29, 1.82) is 0 Å². The topological polar surface area (TPSA) is 33.6 Å². The molecule has 0 aliphatic rings. The van der Waals surface area contributed by atoms with E-state index in [1.807, 2.05) is 28.8 Å². The van der Waals surface area contributed by atoms with Crippen LogP contribution in [0.25, 0.3) is 0 Å². The molecular formula is C11H12ClN3S. The highest BCUT2D eigenvalue weighted by atomic mass is 35.5. The largest absolute Gasteiger partial charge is 0.300 e. The van der Waals surface area contributed by atoms with Gasteiger partial charge in [0.15, 0.2) is 4.77 Å². The summed E-state index contributed by atoms with van der Waals surface area (Å²) in [4.78, 5) is 0. The van der Waals surface area contributed by atoms with Gasteiger partial charge in [-0.2, -0.15) is 5.10 Å². The molecule has 1 aromatic carbocycles. The SMILES string of the molecule is CCc1n[nH]c(=S)n1Cc1cccc(Cl)c1. The van der Waals surface area contributed by atoms with Gasteiger partial charge in [0.1, 0.15) is 5.82 Å². The smallest absolute Gasteiger partial charge is 0.195 e. The van der Waals surface area contributed by atoms with Crippen molar-refractivity contribution in [2.24, 2.45) is 0 Å². The zero-order valence-corrected chi connectivity index (χ0v) is 10.5. The Labute approximate surface area is 104 Å². The molecule has 5 heteroatoms. The van der Waals surface area contributed by atoms with Crippen LogP contribution in [-0.2, 0) is 13.0 Å². The van der Waals surface area contributed by atoms with Gasteiger partial charge in [-0.1, -0.05) is 30.7 Å². The van der Waals surface area contributed by atoms with Crippen LogP contribution in [0.3, 0.4) is 0 Å². The lowest BCUT2D eigenvalue weighted by molar-refractivity contribution is 0.724. The average molecular weight is 254 g/mol. The molecule has 2 aromatic rings. The molecule has 2 rings (SSSR count). The molecule has 16 heavy (non-hydrogen) atoms. The summed E-state index contributed by atoms with van der Waals surface area (Å²) in [6, 6.07) is 7.77. The van der Waals surface area contributed by atoms with Gasteiger partial charge in [0.25, 0.3) is 0 Å². The quantitative estimate of drug-likeness (QED) is 0.853. The maximum Gasteiger partial charge on any atom is 0.195 e. The summed E-state index contributed by atoms with van der Waals surface area (Å²) < 4.78 is 2.64. The normalized spacial score (nSPS) is 10.6. The number of aromatic amines is 1. The van der Waals surface area contributed by atoms with Gasteiger partial charge in [0.05, 0.1) is 6.54 Å². The molecule has 0 amide bonds. The van der Waals surface area contributed by atoms with E-state index >= 15 is 0 Å². The Kier molecular flexibility index (Phi) is 3.41. The molecular weight excluding hydrogens is 242 g/mol. The summed E-state index contributed by atoms with van der Waals surface area (Å²) in [5.74, 6) is 0.963. The van der Waals surface area contributed by atoms with E-state index in [1.54, 1.807) is 0 Å². The molecule has 3 nitrogen and oxygen atoms in total. The number of aryl methyl sites for hydroxylation is 1. The first kappa shape index (κ1) is 11.4. The van der Waals surface area contributed by atoms with E-state index in [0.29, 0.717) is 11.3 Å². The summed E-state index contributed by atoms with van der Waals surface area (Å²) in [7, 11) is 0. The van der Waals surface area contributed by atoms with Gasteiger partial charge in [0, 0.05) is 11.4 Å². The molecule has 0 aliphatic carbocycles. The van der Waals surface area contributed by atoms with E-state index in [0.717, 1.165) is 22.8 Å². The molecule has 0 bridgehead atoms. The summed E-state index contributed by atoms with van der Waals surface area (Å²) >= 11 is 11.1. The standard InChI is InChI=1S/C11H12ClN3S/c1-2-10-13-14-11(16)15(10)7-8-4-3-5-9(12)6-8/h3-6H,2,7H2,1H3,(H,14,16). The van der Waals surface area contributed by atoms with E-state index in [2.05, 4.69) is 17.1 Å². The summed E-state index contributed by atoms with van der Waals surface area (Å²) in [6.07, 6.45) is 0.855. The Morgan fingerprint density at radius 1 is 1.50 bits per heavy atom. The van der Waals surface area contributed by atoms with Crippen molar-refractivity contribution in [3.63, 3.8) is 0 Å². The average Bonchev–Trinajstić information content (AvgIpc) is 2.60. The van der Waals surface area contributed by atoms with Gasteiger partial charge in [-0.25, -0.2) is 0 Å². The fourth-order valence-electron chi connectivity index (χ4n) is 1.60. The second-order valence-corrected chi connectivity index (χ2v) is 4.34. The maximum absolute atomic E-state index is 5.94. The number of nitrogens with zero attached hydrogens (tertiary/aromatic N) is 2. The molecule has 0 radical (unpaired) electrons. The van der Waals surface area contributed by atoms with Crippen molar-refractivity contribution in [3.05, 3.63) is 45.4 Å². The Hall–Kier alpha value is -1.13. The molecule has 0 unspecified atom stereocenters. The molecule has 1 aromatic heterocycles. The van der Waals surface area contributed by atoms with Crippen LogP contribution in [0.2, 0.25) is 5.02 Å². The Morgan fingerprint density at radius 2 is 2.31 bits per heavy atom. The Bertz CT molecular complexity index is 544. The number of benzene rings is 1. The minimum Gasteiger partial charge on any atom is -0.300 e. The number of rotatable bonds is 3. The first-order valence-electron chi connectivity index (χ1n) is 5.09. The van der Waals surface area contributed by atoms with Gasteiger partial charge in [-0.15, -0.1) is 0 Å². The van der Waals surface area contributed by atoms with Crippen LogP contribution in [0.5, 0.6) is 0 Å². The second kappa shape index (κ2) is 4.80. The molecule has 1 N–H and O–H groups in total. The van der Waals surface area contributed by atoms with Crippen LogP contribution in [0.1, 0.15) is 18.3 Å². The summed E-state index contributed by atoms with van der Waals surface area (Å²) in [6.45, 7) is 2.76. The number of nitrogens with one attached hydrogen (secondary N) is 1. The van der Waals surface area contributed by atoms with E-state index in [-0.39, 0.29) is 0 Å². The minimum absolute atomic E-state index is 0.650. The van der Waals surface area contributed by atoms with Crippen LogP contribution in [0.4, 0.5) is 0 Å². The highest BCUT2D eigenvalue weighted by molar-refractivity contribution is 7.71. The van der Waals surface area contributed by atoms with Crippen molar-refractivity contribution in [1.82, 2.24) is 14.8 Å². The number of hydrogen-bond donors (Lipinski definition) is 1. The van der Waals surface area contributed by atoms with Crippen LogP contribution >= 0.6 is 23.8 Å². The lowest BCUT2D eigenvalue weighted by atomic mass is 10.2. The monoisotopic (exact) mass is 253 g/mol.